The van der Waals surface area contributed by atoms with Crippen molar-refractivity contribution in [1.29, 1.82) is 0 Å². The molecule has 2 amide bonds. The summed E-state index contributed by atoms with van der Waals surface area (Å²) >= 11 is 0. The lowest BCUT2D eigenvalue weighted by molar-refractivity contribution is -0.139. The number of carboxylic acid groups (broad SMARTS) is 1. The highest BCUT2D eigenvalue weighted by Crippen LogP contribution is 2.17. The van der Waals surface area contributed by atoms with Gasteiger partial charge in [-0.1, -0.05) is 6.07 Å². The van der Waals surface area contributed by atoms with Gasteiger partial charge in [-0.25, -0.2) is 9.59 Å². The second kappa shape index (κ2) is 8.16. The Labute approximate surface area is 118 Å². The fraction of sp³-hybridized carbons (Fsp3) is 0.333. The summed E-state index contributed by atoms with van der Waals surface area (Å²) < 4.78 is 15.8. The predicted molar refractivity (Wildman–Crippen MR) is 75.5 cm³/mol. The molecule has 1 rings (SSSR count). The normalized spacial score (nSPS) is 11.4. The zero-order valence-electron chi connectivity index (χ0n) is 10.9. The maximum absolute atomic E-state index is 11.5. The van der Waals surface area contributed by atoms with Gasteiger partial charge in [0.05, 0.1) is 0 Å². The lowest BCUT2D eigenvalue weighted by atomic mass is 10.3. The van der Waals surface area contributed by atoms with Crippen molar-refractivity contribution in [2.45, 2.75) is 0 Å². The van der Waals surface area contributed by atoms with Gasteiger partial charge in [-0.05, 0) is 12.1 Å². The number of hydrogen-bond donors (Lipinski definition) is 3. The van der Waals surface area contributed by atoms with Crippen LogP contribution < -0.4 is 15.4 Å². The van der Waals surface area contributed by atoms with Crippen LogP contribution in [0.3, 0.4) is 0 Å². The molecule has 0 radical (unpaired) electrons. The molecule has 1 atom stereocenters. The van der Waals surface area contributed by atoms with Crippen molar-refractivity contribution in [2.24, 2.45) is 0 Å². The molecule has 1 aromatic carbocycles. The molecule has 3 N–H and O–H groups in total. The lowest BCUT2D eigenvalue weighted by Crippen LogP contribution is -2.31. The van der Waals surface area contributed by atoms with E-state index in [-0.39, 0.29) is 0 Å². The summed E-state index contributed by atoms with van der Waals surface area (Å²) in [6, 6.07) is 5.96. The highest BCUT2D eigenvalue weighted by atomic mass is 32.2. The minimum atomic E-state index is -1.08. The van der Waals surface area contributed by atoms with Crippen molar-refractivity contribution in [3.63, 3.8) is 0 Å². The zero-order valence-corrected chi connectivity index (χ0v) is 11.7. The number of carbonyl (C=O) groups is 2. The fourth-order valence-corrected chi connectivity index (χ4v) is 1.68. The average Bonchev–Trinajstić information content (AvgIpc) is 2.36. The number of carbonyl (C=O) groups excluding carboxylic acids is 1. The first-order valence-electron chi connectivity index (χ1n) is 5.77. The Kier molecular flexibility index (Phi) is 6.51. The number of amides is 2. The van der Waals surface area contributed by atoms with Crippen molar-refractivity contribution in [3.8, 4) is 5.75 Å². The van der Waals surface area contributed by atoms with Crippen LogP contribution in [0.1, 0.15) is 0 Å². The molecular weight excluding hydrogens is 284 g/mol. The monoisotopic (exact) mass is 300 g/mol. The van der Waals surface area contributed by atoms with Gasteiger partial charge in [-0.3, -0.25) is 4.21 Å². The van der Waals surface area contributed by atoms with Crippen LogP contribution >= 0.6 is 0 Å². The van der Waals surface area contributed by atoms with E-state index < -0.39 is 29.4 Å². The summed E-state index contributed by atoms with van der Waals surface area (Å²) in [5.41, 5.74) is 0.475. The van der Waals surface area contributed by atoms with Crippen LogP contribution in [0.5, 0.6) is 5.75 Å². The number of nitrogens with one attached hydrogen (secondary N) is 2. The predicted octanol–water partition coefficient (Wildman–Crippen LogP) is 0.650. The molecule has 0 aliphatic carbocycles. The second-order valence-electron chi connectivity index (χ2n) is 3.87. The van der Waals surface area contributed by atoms with E-state index in [1.54, 1.807) is 24.5 Å². The van der Waals surface area contributed by atoms with E-state index >= 15 is 0 Å². The number of hydrogen-bond acceptors (Lipinski definition) is 4. The first kappa shape index (κ1) is 16.0. The number of anilines is 1. The van der Waals surface area contributed by atoms with E-state index in [2.05, 4.69) is 10.6 Å². The van der Waals surface area contributed by atoms with Crippen LogP contribution in [-0.2, 0) is 15.6 Å². The highest BCUT2D eigenvalue weighted by Gasteiger charge is 2.04. The standard InChI is InChI=1S/C12H16N2O5S/c1-20(18)6-5-13-12(17)14-9-3-2-4-10(7-9)19-8-11(15)16/h2-4,7H,5-6,8H2,1H3,(H,15,16)(H2,13,14,17). The molecule has 1 unspecified atom stereocenters. The minimum Gasteiger partial charge on any atom is -0.482 e. The molecule has 0 spiro atoms. The maximum Gasteiger partial charge on any atom is 0.341 e. The van der Waals surface area contributed by atoms with Crippen LogP contribution in [0.2, 0.25) is 0 Å². The SMILES string of the molecule is CS(=O)CCNC(=O)Nc1cccc(OCC(=O)O)c1. The van der Waals surface area contributed by atoms with Gasteiger partial charge >= 0.3 is 12.0 Å². The molecule has 8 heteroatoms. The summed E-state index contributed by atoms with van der Waals surface area (Å²) in [7, 11) is -0.957. The summed E-state index contributed by atoms with van der Waals surface area (Å²) in [6.45, 7) is -0.137. The quantitative estimate of drug-likeness (QED) is 0.686. The first-order chi connectivity index (χ1) is 9.47. The minimum absolute atomic E-state index is 0.310. The smallest absolute Gasteiger partial charge is 0.341 e. The molecule has 7 nitrogen and oxygen atoms in total. The van der Waals surface area contributed by atoms with Crippen molar-refractivity contribution in [3.05, 3.63) is 24.3 Å². The topological polar surface area (TPSA) is 105 Å². The van der Waals surface area contributed by atoms with Crippen molar-refractivity contribution < 1.29 is 23.6 Å². The molecule has 110 valence electrons. The third-order valence-corrected chi connectivity index (χ3v) is 2.91. The van der Waals surface area contributed by atoms with Crippen LogP contribution in [0.4, 0.5) is 10.5 Å². The Hall–Kier alpha value is -2.09. The van der Waals surface area contributed by atoms with Gasteiger partial charge in [0.25, 0.3) is 0 Å². The molecule has 0 aromatic heterocycles. The molecule has 0 saturated heterocycles. The van der Waals surface area contributed by atoms with Gasteiger partial charge in [0, 0.05) is 41.1 Å². The molecule has 0 aliphatic heterocycles. The van der Waals surface area contributed by atoms with Gasteiger partial charge in [0.15, 0.2) is 6.61 Å². The summed E-state index contributed by atoms with van der Waals surface area (Å²) in [5, 5.41) is 13.6. The van der Waals surface area contributed by atoms with E-state index in [9.17, 15) is 13.8 Å². The summed E-state index contributed by atoms with van der Waals surface area (Å²) in [5.74, 6) is -0.344. The molecule has 1 aromatic rings. The largest absolute Gasteiger partial charge is 0.482 e. The van der Waals surface area contributed by atoms with Gasteiger partial charge in [0.2, 0.25) is 0 Å². The Morgan fingerprint density at radius 2 is 2.15 bits per heavy atom. The zero-order chi connectivity index (χ0) is 15.0. The van der Waals surface area contributed by atoms with Crippen molar-refractivity contribution in [1.82, 2.24) is 5.32 Å². The van der Waals surface area contributed by atoms with E-state index in [0.29, 0.717) is 23.7 Å². The third-order valence-electron chi connectivity index (χ3n) is 2.13. The number of carboxylic acids is 1. The maximum atomic E-state index is 11.5. The number of aliphatic carboxylic acids is 1. The number of urea groups is 1. The lowest BCUT2D eigenvalue weighted by Gasteiger charge is -2.09. The molecule has 0 heterocycles. The van der Waals surface area contributed by atoms with Gasteiger partial charge in [-0.2, -0.15) is 0 Å². The van der Waals surface area contributed by atoms with Crippen LogP contribution in [0.25, 0.3) is 0 Å². The summed E-state index contributed by atoms with van der Waals surface area (Å²) in [6.07, 6.45) is 1.56. The van der Waals surface area contributed by atoms with Crippen LogP contribution in [0.15, 0.2) is 24.3 Å². The number of ether oxygens (including phenoxy) is 1. The molecule has 0 aliphatic rings. The third kappa shape index (κ3) is 6.74. The van der Waals surface area contributed by atoms with Crippen molar-refractivity contribution in [2.75, 3.05) is 30.5 Å². The fourth-order valence-electron chi connectivity index (χ4n) is 1.29. The van der Waals surface area contributed by atoms with Crippen LogP contribution in [0, 0.1) is 0 Å². The Morgan fingerprint density at radius 1 is 1.40 bits per heavy atom. The van der Waals surface area contributed by atoms with E-state index in [1.165, 1.54) is 6.07 Å². The van der Waals surface area contributed by atoms with Crippen molar-refractivity contribution >= 4 is 28.5 Å². The van der Waals surface area contributed by atoms with Gasteiger partial charge in [0.1, 0.15) is 5.75 Å². The molecule has 20 heavy (non-hydrogen) atoms. The van der Waals surface area contributed by atoms with E-state index in [4.69, 9.17) is 9.84 Å². The molecule has 0 fully saturated rings. The number of benzene rings is 1. The Bertz CT molecular complexity index is 506. The second-order valence-corrected chi connectivity index (χ2v) is 5.42. The molecule has 0 bridgehead atoms. The molecular formula is C12H16N2O5S. The Balaban J connectivity index is 2.46. The van der Waals surface area contributed by atoms with Gasteiger partial charge in [-0.15, -0.1) is 0 Å². The first-order valence-corrected chi connectivity index (χ1v) is 7.49. The van der Waals surface area contributed by atoms with Gasteiger partial charge < -0.3 is 20.5 Å². The summed E-state index contributed by atoms with van der Waals surface area (Å²) in [4.78, 5) is 21.9. The number of rotatable bonds is 7. The Morgan fingerprint density at radius 3 is 2.80 bits per heavy atom. The van der Waals surface area contributed by atoms with E-state index in [0.717, 1.165) is 0 Å². The average molecular weight is 300 g/mol. The van der Waals surface area contributed by atoms with E-state index in [1.807, 2.05) is 0 Å². The molecule has 0 saturated carbocycles. The highest BCUT2D eigenvalue weighted by molar-refractivity contribution is 7.84. The van der Waals surface area contributed by atoms with Crippen LogP contribution in [-0.4, -0.2) is 46.5 Å².